The molecule has 1 rings (SSSR count). The maximum absolute atomic E-state index is 3.37. The van der Waals surface area contributed by atoms with Crippen molar-refractivity contribution < 1.29 is 0 Å². The highest BCUT2D eigenvalue weighted by atomic mass is 15.1. The Kier molecular flexibility index (Phi) is 4.79. The van der Waals surface area contributed by atoms with E-state index >= 15 is 0 Å². The average molecular weight is 206 g/mol. The second-order valence-corrected chi connectivity index (χ2v) is 4.34. The van der Waals surface area contributed by atoms with Crippen molar-refractivity contribution in [2.75, 3.05) is 27.7 Å². The van der Waals surface area contributed by atoms with Gasteiger partial charge in [0.2, 0.25) is 0 Å². The van der Waals surface area contributed by atoms with Crippen LogP contribution in [0.3, 0.4) is 0 Å². The molecule has 0 heterocycles. The zero-order valence-electron chi connectivity index (χ0n) is 10.2. The minimum absolute atomic E-state index is 0.466. The normalized spacial score (nSPS) is 13.1. The van der Waals surface area contributed by atoms with Crippen LogP contribution in [0.4, 0.5) is 0 Å². The van der Waals surface area contributed by atoms with Crippen molar-refractivity contribution in [1.29, 1.82) is 0 Å². The molecule has 1 aromatic rings. The van der Waals surface area contributed by atoms with Crippen LogP contribution in [0, 0.1) is 6.92 Å². The van der Waals surface area contributed by atoms with Gasteiger partial charge in [-0.05, 0) is 46.6 Å². The van der Waals surface area contributed by atoms with Crippen LogP contribution in [-0.2, 0) is 0 Å². The van der Waals surface area contributed by atoms with Crippen LogP contribution in [0.5, 0.6) is 0 Å². The van der Waals surface area contributed by atoms with Gasteiger partial charge in [-0.2, -0.15) is 0 Å². The molecular formula is C13H22N2. The van der Waals surface area contributed by atoms with Gasteiger partial charge in [0.1, 0.15) is 0 Å². The Morgan fingerprint density at radius 3 is 2.27 bits per heavy atom. The summed E-state index contributed by atoms with van der Waals surface area (Å²) in [5.41, 5.74) is 2.70. The van der Waals surface area contributed by atoms with E-state index in [9.17, 15) is 0 Å². The van der Waals surface area contributed by atoms with Gasteiger partial charge in [0.15, 0.2) is 0 Å². The predicted molar refractivity (Wildman–Crippen MR) is 66.2 cm³/mol. The van der Waals surface area contributed by atoms with Gasteiger partial charge in [-0.1, -0.05) is 29.8 Å². The van der Waals surface area contributed by atoms with Crippen LogP contribution in [0.15, 0.2) is 24.3 Å². The van der Waals surface area contributed by atoms with Crippen LogP contribution in [-0.4, -0.2) is 32.6 Å². The number of hydrogen-bond donors (Lipinski definition) is 1. The molecule has 1 atom stereocenters. The van der Waals surface area contributed by atoms with Gasteiger partial charge in [0, 0.05) is 6.04 Å². The van der Waals surface area contributed by atoms with Gasteiger partial charge >= 0.3 is 0 Å². The van der Waals surface area contributed by atoms with Gasteiger partial charge in [0.25, 0.3) is 0 Å². The van der Waals surface area contributed by atoms with Crippen LogP contribution in [0.2, 0.25) is 0 Å². The van der Waals surface area contributed by atoms with E-state index in [-0.39, 0.29) is 0 Å². The average Bonchev–Trinajstić information content (AvgIpc) is 2.21. The molecule has 1 aromatic carbocycles. The van der Waals surface area contributed by atoms with E-state index in [1.165, 1.54) is 11.1 Å². The van der Waals surface area contributed by atoms with E-state index in [0.29, 0.717) is 6.04 Å². The lowest BCUT2D eigenvalue weighted by atomic mass is 10.0. The second-order valence-electron chi connectivity index (χ2n) is 4.34. The molecular weight excluding hydrogens is 184 g/mol. The highest BCUT2D eigenvalue weighted by Gasteiger charge is 2.08. The summed E-state index contributed by atoms with van der Waals surface area (Å²) < 4.78 is 0. The molecule has 0 saturated carbocycles. The molecule has 15 heavy (non-hydrogen) atoms. The summed E-state index contributed by atoms with van der Waals surface area (Å²) in [5, 5.41) is 3.37. The molecule has 84 valence electrons. The second kappa shape index (κ2) is 5.89. The van der Waals surface area contributed by atoms with Crippen molar-refractivity contribution in [3.8, 4) is 0 Å². The number of nitrogens with zero attached hydrogens (tertiary/aromatic N) is 1. The fourth-order valence-electron chi connectivity index (χ4n) is 1.66. The molecule has 0 aliphatic rings. The summed E-state index contributed by atoms with van der Waals surface area (Å²) in [7, 11) is 6.25. The Balaban J connectivity index is 2.61. The van der Waals surface area contributed by atoms with E-state index in [2.05, 4.69) is 55.5 Å². The molecule has 0 radical (unpaired) electrons. The molecule has 0 aliphatic carbocycles. The summed E-state index contributed by atoms with van der Waals surface area (Å²) in [5.74, 6) is 0. The fourth-order valence-corrected chi connectivity index (χ4v) is 1.66. The monoisotopic (exact) mass is 206 g/mol. The minimum Gasteiger partial charge on any atom is -0.313 e. The predicted octanol–water partition coefficient (Wildman–Crippen LogP) is 2.21. The van der Waals surface area contributed by atoms with Crippen LogP contribution in [0.25, 0.3) is 0 Å². The largest absolute Gasteiger partial charge is 0.313 e. The standard InChI is InChI=1S/C13H22N2/c1-11-5-7-12(8-6-11)13(14-2)9-10-15(3)4/h5-8,13-14H,9-10H2,1-4H3. The van der Waals surface area contributed by atoms with E-state index in [1.54, 1.807) is 0 Å². The van der Waals surface area contributed by atoms with Gasteiger partial charge in [-0.15, -0.1) is 0 Å². The lowest BCUT2D eigenvalue weighted by Gasteiger charge is -2.19. The van der Waals surface area contributed by atoms with Crippen molar-refractivity contribution in [3.63, 3.8) is 0 Å². The van der Waals surface area contributed by atoms with Crippen LogP contribution < -0.4 is 5.32 Å². The Bertz CT molecular complexity index is 277. The van der Waals surface area contributed by atoms with Crippen molar-refractivity contribution in [2.45, 2.75) is 19.4 Å². The molecule has 0 aliphatic heterocycles. The zero-order valence-corrected chi connectivity index (χ0v) is 10.2. The molecule has 1 N–H and O–H groups in total. The smallest absolute Gasteiger partial charge is 0.0329 e. The number of rotatable bonds is 5. The first-order valence-electron chi connectivity index (χ1n) is 5.52. The quantitative estimate of drug-likeness (QED) is 0.794. The molecule has 0 bridgehead atoms. The molecule has 2 heteroatoms. The first-order valence-corrected chi connectivity index (χ1v) is 5.52. The van der Waals surface area contributed by atoms with E-state index in [0.717, 1.165) is 13.0 Å². The van der Waals surface area contributed by atoms with E-state index in [4.69, 9.17) is 0 Å². The summed E-state index contributed by atoms with van der Waals surface area (Å²) >= 11 is 0. The lowest BCUT2D eigenvalue weighted by Crippen LogP contribution is -2.22. The molecule has 0 spiro atoms. The molecule has 0 aromatic heterocycles. The van der Waals surface area contributed by atoms with Crippen molar-refractivity contribution in [2.24, 2.45) is 0 Å². The van der Waals surface area contributed by atoms with Crippen molar-refractivity contribution in [1.82, 2.24) is 10.2 Å². The number of hydrogen-bond acceptors (Lipinski definition) is 2. The van der Waals surface area contributed by atoms with Gasteiger partial charge < -0.3 is 10.2 Å². The minimum atomic E-state index is 0.466. The third kappa shape index (κ3) is 4.02. The third-order valence-electron chi connectivity index (χ3n) is 2.69. The first-order chi connectivity index (χ1) is 7.13. The van der Waals surface area contributed by atoms with Crippen molar-refractivity contribution in [3.05, 3.63) is 35.4 Å². The van der Waals surface area contributed by atoms with Gasteiger partial charge in [0.05, 0.1) is 0 Å². The van der Waals surface area contributed by atoms with E-state index < -0.39 is 0 Å². The lowest BCUT2D eigenvalue weighted by molar-refractivity contribution is 0.368. The first kappa shape index (κ1) is 12.2. The highest BCUT2D eigenvalue weighted by Crippen LogP contribution is 2.16. The summed E-state index contributed by atoms with van der Waals surface area (Å²) in [6, 6.07) is 9.25. The number of nitrogens with one attached hydrogen (secondary N) is 1. The maximum Gasteiger partial charge on any atom is 0.0329 e. The van der Waals surface area contributed by atoms with E-state index in [1.807, 2.05) is 7.05 Å². The SMILES string of the molecule is CNC(CCN(C)C)c1ccc(C)cc1. The number of aryl methyl sites for hydroxylation is 1. The molecule has 0 fully saturated rings. The Morgan fingerprint density at radius 1 is 1.20 bits per heavy atom. The highest BCUT2D eigenvalue weighted by molar-refractivity contribution is 5.24. The Morgan fingerprint density at radius 2 is 1.80 bits per heavy atom. The topological polar surface area (TPSA) is 15.3 Å². The van der Waals surface area contributed by atoms with Crippen molar-refractivity contribution >= 4 is 0 Å². The van der Waals surface area contributed by atoms with Gasteiger partial charge in [-0.25, -0.2) is 0 Å². The third-order valence-corrected chi connectivity index (χ3v) is 2.69. The zero-order chi connectivity index (χ0) is 11.3. The summed E-state index contributed by atoms with van der Waals surface area (Å²) in [6.45, 7) is 3.23. The summed E-state index contributed by atoms with van der Waals surface area (Å²) in [6.07, 6.45) is 1.15. The Hall–Kier alpha value is -0.860. The molecule has 2 nitrogen and oxygen atoms in total. The van der Waals surface area contributed by atoms with Gasteiger partial charge in [-0.3, -0.25) is 0 Å². The fraction of sp³-hybridized carbons (Fsp3) is 0.538. The molecule has 0 saturated heterocycles. The van der Waals surface area contributed by atoms with Crippen LogP contribution >= 0.6 is 0 Å². The Labute approximate surface area is 93.3 Å². The van der Waals surface area contributed by atoms with Crippen LogP contribution in [0.1, 0.15) is 23.6 Å². The molecule has 0 amide bonds. The molecule has 1 unspecified atom stereocenters. The maximum atomic E-state index is 3.37. The number of benzene rings is 1. The summed E-state index contributed by atoms with van der Waals surface area (Å²) in [4.78, 5) is 2.22.